The van der Waals surface area contributed by atoms with Gasteiger partial charge in [-0.1, -0.05) is 145 Å². The van der Waals surface area contributed by atoms with Gasteiger partial charge in [0.05, 0.1) is 21.4 Å². The van der Waals surface area contributed by atoms with Crippen LogP contribution in [0.5, 0.6) is 0 Å². The van der Waals surface area contributed by atoms with Gasteiger partial charge in [-0.25, -0.2) is 0 Å². The molecular weight excluding hydrogens is 945 g/mol. The molecule has 0 fully saturated rings. The number of nitrogens with zero attached hydrogens (tertiary/aromatic N) is 4. The van der Waals surface area contributed by atoms with E-state index in [9.17, 15) is 0 Å². The maximum atomic E-state index is 2.56. The number of hydrogen-bond donors (Lipinski definition) is 0. The number of anilines is 2. The number of rotatable bonds is 0. The van der Waals surface area contributed by atoms with Gasteiger partial charge in [0, 0.05) is 60.0 Å². The van der Waals surface area contributed by atoms with Crippen LogP contribution in [0, 0.1) is 0 Å². The SMILES string of the molecule is C1=C2\Sc3ccccc3N2CCCCCCCC[n+]2c(sc3ccccc32)/C=C/C=C2\Sc3ccccc3N2CCCCCCCC[n+]2c(sc3ccccc32)/C=C/1.[Br-].[Br-]. The van der Waals surface area contributed by atoms with Crippen molar-refractivity contribution in [1.29, 1.82) is 0 Å². The molecule has 0 unspecified atom stereocenters. The van der Waals surface area contributed by atoms with Crippen molar-refractivity contribution in [2.45, 2.75) is 99.9 Å². The molecule has 2 aromatic heterocycles. The van der Waals surface area contributed by atoms with Crippen LogP contribution in [0.1, 0.15) is 87.1 Å². The summed E-state index contributed by atoms with van der Waals surface area (Å²) in [5.74, 6) is 0. The maximum absolute atomic E-state index is 2.56. The van der Waals surface area contributed by atoms with Crippen molar-refractivity contribution in [3.8, 4) is 0 Å². The van der Waals surface area contributed by atoms with Crippen LogP contribution in [-0.2, 0) is 13.1 Å². The van der Waals surface area contributed by atoms with Crippen LogP contribution in [0.15, 0.2) is 141 Å². The third-order valence-electron chi connectivity index (χ3n) is 11.5. The monoisotopic (exact) mass is 996 g/mol. The highest BCUT2D eigenvalue weighted by atomic mass is 79.9. The summed E-state index contributed by atoms with van der Waals surface area (Å²) >= 11 is 7.67. The fraction of sp³-hybridized carbons (Fsp3) is 0.320. The van der Waals surface area contributed by atoms with Gasteiger partial charge in [-0.05, 0) is 74.2 Å². The van der Waals surface area contributed by atoms with Gasteiger partial charge in [0.1, 0.15) is 9.40 Å². The Hall–Kier alpha value is -3.12. The molecule has 6 aromatic rings. The third-order valence-corrected chi connectivity index (χ3v) is 16.1. The minimum absolute atomic E-state index is 0. The van der Waals surface area contributed by atoms with Crippen LogP contribution in [0.25, 0.3) is 32.6 Å². The van der Waals surface area contributed by atoms with Crippen molar-refractivity contribution < 1.29 is 43.1 Å². The average Bonchev–Trinajstić information content (AvgIpc) is 4.00. The van der Waals surface area contributed by atoms with E-state index in [4.69, 9.17) is 0 Å². The van der Waals surface area contributed by atoms with E-state index in [1.54, 1.807) is 0 Å². The Kier molecular flexibility index (Phi) is 16.7. The summed E-state index contributed by atoms with van der Waals surface area (Å²) in [5, 5.41) is 5.37. The summed E-state index contributed by atoms with van der Waals surface area (Å²) in [6, 6.07) is 35.8. The van der Waals surface area contributed by atoms with E-state index >= 15 is 0 Å². The van der Waals surface area contributed by atoms with Crippen LogP contribution in [0.4, 0.5) is 11.4 Å². The Bertz CT molecular complexity index is 2310. The molecule has 3 aliphatic heterocycles. The van der Waals surface area contributed by atoms with E-state index in [0.29, 0.717) is 0 Å². The largest absolute Gasteiger partial charge is 1.00 e. The molecule has 10 heteroatoms. The van der Waals surface area contributed by atoms with E-state index in [-0.39, 0.29) is 34.0 Å². The lowest BCUT2D eigenvalue weighted by molar-refractivity contribution is -0.669. The first kappa shape index (κ1) is 44.9. The van der Waals surface area contributed by atoms with E-state index in [0.717, 1.165) is 26.2 Å². The highest BCUT2D eigenvalue weighted by Gasteiger charge is 2.26. The molecule has 0 saturated carbocycles. The van der Waals surface area contributed by atoms with Crippen molar-refractivity contribution in [1.82, 2.24) is 0 Å². The maximum Gasteiger partial charge on any atom is 0.262 e. The third kappa shape index (κ3) is 10.6. The lowest BCUT2D eigenvalue weighted by atomic mass is 10.1. The Balaban J connectivity index is 0.00000272. The van der Waals surface area contributed by atoms with Crippen molar-refractivity contribution in [2.24, 2.45) is 0 Å². The second-order valence-electron chi connectivity index (χ2n) is 15.5. The standard InChI is InChI=1S/C50H54N4S4.2BrH/c1-2-6-18-36-52-40-24-10-14-28-44(40)56-48(52)32-22-34-50-54(42-26-12-16-30-46(42)58-50)38-20-8-4-3-7-19-37-53-41-25-11-15-29-45(41)57-49(53)33-21-31-47-51(35-17-5-1)39-23-9-13-27-43(39)55-47;;/h9-16,21-34H,1-8,17-20,35-38H2;2*1H/q+2;;/p-2. The number of aryl methyl sites for hydroxylation is 2. The first-order valence-corrected chi connectivity index (χ1v) is 24.8. The molecule has 0 spiro atoms. The fourth-order valence-corrected chi connectivity index (χ4v) is 13.0. The quantitative estimate of drug-likeness (QED) is 0.143. The van der Waals surface area contributed by atoms with Crippen LogP contribution in [0.3, 0.4) is 0 Å². The number of thiazole rings is 2. The Morgan fingerprint density at radius 1 is 0.417 bits per heavy atom. The highest BCUT2D eigenvalue weighted by Crippen LogP contribution is 2.47. The smallest absolute Gasteiger partial charge is 0.262 e. The molecule has 9 rings (SSSR count). The number of hydrogen-bond acceptors (Lipinski definition) is 6. The molecule has 60 heavy (non-hydrogen) atoms. The van der Waals surface area contributed by atoms with Crippen LogP contribution >= 0.6 is 46.2 Å². The number of para-hydroxylation sites is 4. The zero-order valence-corrected chi connectivity index (χ0v) is 40.6. The molecular formula is C50H54Br2N4S4. The molecule has 0 amide bonds. The summed E-state index contributed by atoms with van der Waals surface area (Å²) in [5.41, 5.74) is 5.45. The predicted octanol–water partition coefficient (Wildman–Crippen LogP) is 8.03. The van der Waals surface area contributed by atoms with Gasteiger partial charge >= 0.3 is 0 Å². The van der Waals surface area contributed by atoms with E-state index < -0.39 is 0 Å². The number of thioether (sulfide) groups is 2. The molecule has 5 heterocycles. The normalized spacial score (nSPS) is 20.0. The molecule has 0 saturated heterocycles. The second kappa shape index (κ2) is 22.3. The van der Waals surface area contributed by atoms with Crippen LogP contribution < -0.4 is 52.9 Å². The van der Waals surface area contributed by atoms with E-state index in [2.05, 4.69) is 152 Å². The van der Waals surface area contributed by atoms with E-state index in [1.165, 1.54) is 139 Å². The number of allylic oxidation sites excluding steroid dienone is 4. The fourth-order valence-electron chi connectivity index (χ4n) is 8.55. The molecule has 4 aromatic carbocycles. The number of aromatic nitrogens is 2. The van der Waals surface area contributed by atoms with Crippen molar-refractivity contribution in [3.05, 3.63) is 141 Å². The topological polar surface area (TPSA) is 14.2 Å². The first-order valence-electron chi connectivity index (χ1n) is 21.5. The van der Waals surface area contributed by atoms with Crippen molar-refractivity contribution >= 4 is 90.2 Å². The second-order valence-corrected chi connectivity index (χ2v) is 19.8. The van der Waals surface area contributed by atoms with Crippen molar-refractivity contribution in [3.63, 3.8) is 0 Å². The van der Waals surface area contributed by atoms with Gasteiger partial charge in [-0.15, -0.1) is 0 Å². The van der Waals surface area contributed by atoms with Crippen LogP contribution in [0.2, 0.25) is 0 Å². The lowest BCUT2D eigenvalue weighted by Gasteiger charge is -2.20. The summed E-state index contributed by atoms with van der Waals surface area (Å²) in [4.78, 5) is 7.87. The van der Waals surface area contributed by atoms with E-state index in [1.807, 2.05) is 46.2 Å². The number of halogens is 2. The molecule has 0 aliphatic carbocycles. The molecule has 3 aliphatic rings. The summed E-state index contributed by atoms with van der Waals surface area (Å²) in [6.07, 6.45) is 29.1. The van der Waals surface area contributed by atoms with Crippen LogP contribution in [-0.4, -0.2) is 13.1 Å². The zero-order chi connectivity index (χ0) is 38.9. The first-order chi connectivity index (χ1) is 28.8. The molecule has 0 bridgehead atoms. The van der Waals surface area contributed by atoms with Gasteiger partial charge in [-0.3, -0.25) is 0 Å². The zero-order valence-electron chi connectivity index (χ0n) is 34.2. The Labute approximate surface area is 394 Å². The summed E-state index contributed by atoms with van der Waals surface area (Å²) < 4.78 is 7.87. The average molecular weight is 999 g/mol. The molecule has 0 atom stereocenters. The van der Waals surface area contributed by atoms with Gasteiger partial charge < -0.3 is 43.8 Å². The number of benzene rings is 4. The summed E-state index contributed by atoms with van der Waals surface area (Å²) in [6.45, 7) is 4.27. The molecule has 4 nitrogen and oxygen atoms in total. The number of fused-ring (bicyclic) bond motifs is 12. The van der Waals surface area contributed by atoms with Gasteiger partial charge in [0.2, 0.25) is 11.0 Å². The predicted molar refractivity (Wildman–Crippen MR) is 253 cm³/mol. The summed E-state index contributed by atoms with van der Waals surface area (Å²) in [7, 11) is 0. The minimum atomic E-state index is 0. The minimum Gasteiger partial charge on any atom is -1.00 e. The molecule has 0 radical (unpaired) electrons. The Morgan fingerprint density at radius 3 is 1.27 bits per heavy atom. The molecule has 0 N–H and O–H groups in total. The van der Waals surface area contributed by atoms with Gasteiger partial charge in [-0.2, -0.15) is 9.13 Å². The molecule has 312 valence electrons. The van der Waals surface area contributed by atoms with Crippen molar-refractivity contribution in [2.75, 3.05) is 22.9 Å². The van der Waals surface area contributed by atoms with Gasteiger partial charge in [0.15, 0.2) is 13.1 Å². The highest BCUT2D eigenvalue weighted by molar-refractivity contribution is 8.04. The lowest BCUT2D eigenvalue weighted by Crippen LogP contribution is -3.00. The van der Waals surface area contributed by atoms with Gasteiger partial charge in [0.25, 0.3) is 10.0 Å². The Morgan fingerprint density at radius 2 is 0.800 bits per heavy atom.